The lowest BCUT2D eigenvalue weighted by Crippen LogP contribution is -2.51. The van der Waals surface area contributed by atoms with E-state index >= 15 is 0 Å². The summed E-state index contributed by atoms with van der Waals surface area (Å²) >= 11 is 2.01. The SMILES string of the molecule is CC[C@H]1C(=O)CCC(N2C(=O)c3cccc(I)c3C2=O)C1=O. The van der Waals surface area contributed by atoms with Gasteiger partial charge in [-0.15, -0.1) is 0 Å². The molecule has 0 N–H and O–H groups in total. The molecule has 1 saturated carbocycles. The number of rotatable bonds is 2. The number of hydrogen-bond acceptors (Lipinski definition) is 4. The van der Waals surface area contributed by atoms with Gasteiger partial charge in [0.05, 0.1) is 23.1 Å². The van der Waals surface area contributed by atoms with Gasteiger partial charge in [0.1, 0.15) is 5.78 Å². The molecule has 1 aromatic carbocycles. The summed E-state index contributed by atoms with van der Waals surface area (Å²) in [4.78, 5) is 50.6. The van der Waals surface area contributed by atoms with Crippen LogP contribution in [0, 0.1) is 9.49 Å². The molecule has 1 aliphatic carbocycles. The number of imide groups is 1. The van der Waals surface area contributed by atoms with Gasteiger partial charge in [0, 0.05) is 9.99 Å². The molecule has 2 atom stereocenters. The van der Waals surface area contributed by atoms with Gasteiger partial charge in [-0.05, 0) is 47.6 Å². The Morgan fingerprint density at radius 3 is 2.55 bits per heavy atom. The summed E-state index contributed by atoms with van der Waals surface area (Å²) in [5.74, 6) is -1.94. The lowest BCUT2D eigenvalue weighted by atomic mass is 9.81. The predicted octanol–water partition coefficient (Wildman–Crippen LogP) is 2.21. The average molecular weight is 411 g/mol. The Kier molecular flexibility index (Phi) is 3.88. The number of halogens is 1. The zero-order valence-corrected chi connectivity index (χ0v) is 14.1. The molecule has 22 heavy (non-hydrogen) atoms. The van der Waals surface area contributed by atoms with Crippen molar-refractivity contribution in [2.75, 3.05) is 0 Å². The normalized spacial score (nSPS) is 24.9. The van der Waals surface area contributed by atoms with Crippen molar-refractivity contribution >= 4 is 46.0 Å². The first-order chi connectivity index (χ1) is 10.5. The van der Waals surface area contributed by atoms with E-state index in [9.17, 15) is 19.2 Å². The molecule has 0 aromatic heterocycles. The van der Waals surface area contributed by atoms with Gasteiger partial charge in [0.2, 0.25) is 0 Å². The Labute approximate surface area is 141 Å². The summed E-state index contributed by atoms with van der Waals surface area (Å²) in [7, 11) is 0. The van der Waals surface area contributed by atoms with E-state index in [1.807, 2.05) is 22.6 Å². The maximum absolute atomic E-state index is 12.6. The average Bonchev–Trinajstić information content (AvgIpc) is 2.73. The summed E-state index contributed by atoms with van der Waals surface area (Å²) in [5, 5.41) is 0. The third kappa shape index (κ3) is 2.12. The van der Waals surface area contributed by atoms with Crippen molar-refractivity contribution < 1.29 is 19.2 Å². The molecule has 2 aliphatic rings. The van der Waals surface area contributed by atoms with Crippen LogP contribution in [0.5, 0.6) is 0 Å². The fourth-order valence-corrected chi connectivity index (χ4v) is 3.95. The van der Waals surface area contributed by atoms with Gasteiger partial charge in [0.25, 0.3) is 11.8 Å². The minimum atomic E-state index is -0.814. The van der Waals surface area contributed by atoms with Crippen LogP contribution in [0.15, 0.2) is 18.2 Å². The monoisotopic (exact) mass is 411 g/mol. The van der Waals surface area contributed by atoms with Crippen molar-refractivity contribution in [2.45, 2.75) is 32.2 Å². The van der Waals surface area contributed by atoms with Gasteiger partial charge in [-0.25, -0.2) is 0 Å². The number of ketones is 2. The molecule has 0 spiro atoms. The first kappa shape index (κ1) is 15.3. The third-order valence-electron chi connectivity index (χ3n) is 4.34. The Balaban J connectivity index is 1.99. The molecule has 1 unspecified atom stereocenters. The van der Waals surface area contributed by atoms with Crippen LogP contribution < -0.4 is 0 Å². The summed E-state index contributed by atoms with van der Waals surface area (Å²) in [6.45, 7) is 1.77. The minimum absolute atomic E-state index is 0.0880. The summed E-state index contributed by atoms with van der Waals surface area (Å²) in [5.41, 5.74) is 0.709. The molecule has 2 amide bonds. The highest BCUT2D eigenvalue weighted by atomic mass is 127. The zero-order valence-electron chi connectivity index (χ0n) is 12.0. The molecule has 0 radical (unpaired) electrons. The predicted molar refractivity (Wildman–Crippen MR) is 86.5 cm³/mol. The second-order valence-corrected chi connectivity index (χ2v) is 6.69. The lowest BCUT2D eigenvalue weighted by molar-refractivity contribution is -0.138. The first-order valence-electron chi connectivity index (χ1n) is 7.20. The molecule has 1 fully saturated rings. The van der Waals surface area contributed by atoms with Crippen molar-refractivity contribution in [3.8, 4) is 0 Å². The van der Waals surface area contributed by atoms with E-state index in [4.69, 9.17) is 0 Å². The quantitative estimate of drug-likeness (QED) is 0.425. The fourth-order valence-electron chi connectivity index (χ4n) is 3.22. The number of carbonyl (C=O) groups is 4. The van der Waals surface area contributed by atoms with Crippen LogP contribution >= 0.6 is 22.6 Å². The van der Waals surface area contributed by atoms with Crippen LogP contribution in [-0.4, -0.2) is 34.3 Å². The van der Waals surface area contributed by atoms with Crippen LogP contribution in [0.4, 0.5) is 0 Å². The maximum atomic E-state index is 12.6. The second kappa shape index (κ2) is 5.57. The lowest BCUT2D eigenvalue weighted by Gasteiger charge is -2.31. The van der Waals surface area contributed by atoms with Gasteiger partial charge < -0.3 is 0 Å². The van der Waals surface area contributed by atoms with Gasteiger partial charge >= 0.3 is 0 Å². The number of benzene rings is 1. The fraction of sp³-hybridized carbons (Fsp3) is 0.375. The molecule has 1 aliphatic heterocycles. The number of hydrogen-bond donors (Lipinski definition) is 0. The van der Waals surface area contributed by atoms with E-state index in [1.54, 1.807) is 25.1 Å². The van der Waals surface area contributed by atoms with Crippen molar-refractivity contribution in [3.63, 3.8) is 0 Å². The van der Waals surface area contributed by atoms with Crippen LogP contribution in [0.2, 0.25) is 0 Å². The third-order valence-corrected chi connectivity index (χ3v) is 5.24. The van der Waals surface area contributed by atoms with Gasteiger partial charge in [-0.3, -0.25) is 24.1 Å². The maximum Gasteiger partial charge on any atom is 0.263 e. The molecule has 0 bridgehead atoms. The van der Waals surface area contributed by atoms with E-state index in [0.717, 1.165) is 4.90 Å². The van der Waals surface area contributed by atoms with E-state index in [1.165, 1.54) is 0 Å². The highest BCUT2D eigenvalue weighted by Crippen LogP contribution is 2.33. The van der Waals surface area contributed by atoms with E-state index < -0.39 is 23.8 Å². The number of fused-ring (bicyclic) bond motifs is 1. The Hall–Kier alpha value is -1.57. The minimum Gasteiger partial charge on any atom is -0.299 e. The van der Waals surface area contributed by atoms with Crippen molar-refractivity contribution in [2.24, 2.45) is 5.92 Å². The van der Waals surface area contributed by atoms with E-state index in [0.29, 0.717) is 21.1 Å². The molecule has 3 rings (SSSR count). The summed E-state index contributed by atoms with van der Waals surface area (Å²) < 4.78 is 0.697. The molecular formula is C16H14INO4. The Morgan fingerprint density at radius 1 is 1.18 bits per heavy atom. The molecule has 1 aromatic rings. The highest BCUT2D eigenvalue weighted by molar-refractivity contribution is 14.1. The standard InChI is InChI=1S/C16H14INO4/c1-2-8-12(19)7-6-11(14(8)20)18-15(21)9-4-3-5-10(17)13(9)16(18)22/h3-5,8,11H,2,6-7H2,1H3/t8-,11?/m0/s1. The van der Waals surface area contributed by atoms with Crippen molar-refractivity contribution in [3.05, 3.63) is 32.9 Å². The second-order valence-electron chi connectivity index (χ2n) is 5.53. The number of carbonyl (C=O) groups excluding carboxylic acids is 4. The van der Waals surface area contributed by atoms with Crippen LogP contribution in [0.25, 0.3) is 0 Å². The number of amides is 2. The summed E-state index contributed by atoms with van der Waals surface area (Å²) in [6, 6.07) is 4.27. The topological polar surface area (TPSA) is 71.5 Å². The van der Waals surface area contributed by atoms with Crippen LogP contribution in [0.1, 0.15) is 46.9 Å². The molecule has 5 nitrogen and oxygen atoms in total. The molecule has 114 valence electrons. The Morgan fingerprint density at radius 2 is 1.91 bits per heavy atom. The van der Waals surface area contributed by atoms with Crippen LogP contribution in [0.3, 0.4) is 0 Å². The summed E-state index contributed by atoms with van der Waals surface area (Å²) in [6.07, 6.45) is 0.879. The van der Waals surface area contributed by atoms with E-state index in [2.05, 4.69) is 0 Å². The first-order valence-corrected chi connectivity index (χ1v) is 8.28. The smallest absolute Gasteiger partial charge is 0.263 e. The largest absolute Gasteiger partial charge is 0.299 e. The van der Waals surface area contributed by atoms with Gasteiger partial charge in [-0.1, -0.05) is 13.0 Å². The molecular weight excluding hydrogens is 397 g/mol. The van der Waals surface area contributed by atoms with Gasteiger partial charge in [-0.2, -0.15) is 0 Å². The highest BCUT2D eigenvalue weighted by Gasteiger charge is 2.47. The van der Waals surface area contributed by atoms with Crippen molar-refractivity contribution in [1.82, 2.24) is 4.90 Å². The number of Topliss-reactive ketones (excluding diaryl/α,β-unsaturated/α-hetero) is 2. The number of nitrogens with zero attached hydrogens (tertiary/aromatic N) is 1. The zero-order chi connectivity index (χ0) is 16.0. The molecule has 1 heterocycles. The van der Waals surface area contributed by atoms with Gasteiger partial charge in [0.15, 0.2) is 5.78 Å². The van der Waals surface area contributed by atoms with Crippen LogP contribution in [-0.2, 0) is 9.59 Å². The Bertz CT molecular complexity index is 712. The van der Waals surface area contributed by atoms with Crippen molar-refractivity contribution in [1.29, 1.82) is 0 Å². The molecule has 0 saturated heterocycles. The van der Waals surface area contributed by atoms with E-state index in [-0.39, 0.29) is 24.4 Å². The molecule has 6 heteroatoms.